The molecular formula is C7H14NO3+. The van der Waals surface area contributed by atoms with Gasteiger partial charge in [0.2, 0.25) is 0 Å². The van der Waals surface area contributed by atoms with Gasteiger partial charge in [-0.2, -0.15) is 0 Å². The third kappa shape index (κ3) is 1.12. The molecule has 1 saturated heterocycles. The number of aliphatic hydroxyl groups excluding tert-OH is 1. The molecule has 64 valence electrons. The summed E-state index contributed by atoms with van der Waals surface area (Å²) in [5, 5.41) is 8.93. The molecule has 1 rings (SSSR count). The molecule has 0 unspecified atom stereocenters. The molecule has 0 spiro atoms. The summed E-state index contributed by atoms with van der Waals surface area (Å²) in [4.78, 5) is 11.0. The van der Waals surface area contributed by atoms with E-state index >= 15 is 0 Å². The van der Waals surface area contributed by atoms with Crippen molar-refractivity contribution in [2.75, 3.05) is 6.61 Å². The molecule has 0 saturated carbocycles. The summed E-state index contributed by atoms with van der Waals surface area (Å²) in [7, 11) is 0. The van der Waals surface area contributed by atoms with Gasteiger partial charge in [-0.25, -0.2) is 4.79 Å². The van der Waals surface area contributed by atoms with Crippen LogP contribution in [-0.4, -0.2) is 29.3 Å². The molecule has 0 radical (unpaired) electrons. The number of aliphatic hydroxyl groups is 1. The number of hydrogen-bond acceptors (Lipinski definition) is 3. The fourth-order valence-electron chi connectivity index (χ4n) is 1.20. The van der Waals surface area contributed by atoms with Gasteiger partial charge < -0.3 is 15.6 Å². The number of ether oxygens (including phenoxy) is 1. The highest BCUT2D eigenvalue weighted by atomic mass is 16.6. The maximum atomic E-state index is 11.0. The molecule has 0 amide bonds. The van der Waals surface area contributed by atoms with Gasteiger partial charge in [0, 0.05) is 0 Å². The third-order valence-electron chi connectivity index (χ3n) is 2.52. The SMILES string of the molecule is C[C@@H]1[C@H]([NH3+])C(=O)O[C@]1(C)CO. The van der Waals surface area contributed by atoms with Crippen LogP contribution in [0.15, 0.2) is 0 Å². The molecule has 1 heterocycles. The third-order valence-corrected chi connectivity index (χ3v) is 2.52. The second-order valence-corrected chi connectivity index (χ2v) is 3.29. The summed E-state index contributed by atoms with van der Waals surface area (Å²) >= 11 is 0. The van der Waals surface area contributed by atoms with E-state index < -0.39 is 5.60 Å². The van der Waals surface area contributed by atoms with Gasteiger partial charge in [0.1, 0.15) is 5.60 Å². The van der Waals surface area contributed by atoms with E-state index in [0.29, 0.717) is 0 Å². The number of quaternary nitrogens is 1. The van der Waals surface area contributed by atoms with Crippen molar-refractivity contribution >= 4 is 5.97 Å². The van der Waals surface area contributed by atoms with Crippen LogP contribution in [-0.2, 0) is 9.53 Å². The minimum absolute atomic E-state index is 0.0139. The molecule has 0 aromatic rings. The molecule has 1 aliphatic rings. The van der Waals surface area contributed by atoms with Crippen LogP contribution in [0.25, 0.3) is 0 Å². The number of carbonyl (C=O) groups excluding carboxylic acids is 1. The van der Waals surface area contributed by atoms with Crippen molar-refractivity contribution in [3.05, 3.63) is 0 Å². The van der Waals surface area contributed by atoms with Crippen LogP contribution in [0.5, 0.6) is 0 Å². The van der Waals surface area contributed by atoms with Crippen LogP contribution >= 0.6 is 0 Å². The van der Waals surface area contributed by atoms with Gasteiger partial charge in [-0.05, 0) is 6.92 Å². The molecule has 0 aromatic heterocycles. The molecule has 4 nitrogen and oxygen atoms in total. The molecule has 1 aliphatic heterocycles. The van der Waals surface area contributed by atoms with Crippen LogP contribution < -0.4 is 5.73 Å². The Balaban J connectivity index is 2.82. The fraction of sp³-hybridized carbons (Fsp3) is 0.857. The van der Waals surface area contributed by atoms with Gasteiger partial charge in [-0.3, -0.25) is 0 Å². The van der Waals surface area contributed by atoms with E-state index in [4.69, 9.17) is 9.84 Å². The first kappa shape index (κ1) is 8.49. The first-order chi connectivity index (χ1) is 5.01. The van der Waals surface area contributed by atoms with Crippen LogP contribution in [0, 0.1) is 5.92 Å². The highest BCUT2D eigenvalue weighted by molar-refractivity contribution is 5.77. The van der Waals surface area contributed by atoms with E-state index in [9.17, 15) is 4.79 Å². The van der Waals surface area contributed by atoms with Gasteiger partial charge in [0.25, 0.3) is 0 Å². The maximum absolute atomic E-state index is 11.0. The first-order valence-electron chi connectivity index (χ1n) is 3.68. The largest absolute Gasteiger partial charge is 0.452 e. The minimum Gasteiger partial charge on any atom is -0.452 e. The van der Waals surface area contributed by atoms with Gasteiger partial charge in [0.05, 0.1) is 12.5 Å². The molecule has 3 atom stereocenters. The zero-order chi connectivity index (χ0) is 8.65. The number of carbonyl (C=O) groups is 1. The lowest BCUT2D eigenvalue weighted by molar-refractivity contribution is -0.412. The topological polar surface area (TPSA) is 74.2 Å². The second kappa shape index (κ2) is 2.46. The lowest BCUT2D eigenvalue weighted by Crippen LogP contribution is -2.66. The number of hydrogen-bond donors (Lipinski definition) is 2. The van der Waals surface area contributed by atoms with Crippen molar-refractivity contribution in [2.24, 2.45) is 5.92 Å². The summed E-state index contributed by atoms with van der Waals surface area (Å²) in [5.41, 5.74) is 2.94. The molecule has 1 fully saturated rings. The number of rotatable bonds is 1. The Labute approximate surface area is 65.3 Å². The Bertz CT molecular complexity index is 183. The van der Waals surface area contributed by atoms with Crippen molar-refractivity contribution in [2.45, 2.75) is 25.5 Å². The van der Waals surface area contributed by atoms with E-state index in [0.717, 1.165) is 0 Å². The van der Waals surface area contributed by atoms with Crippen LogP contribution in [0.4, 0.5) is 0 Å². The molecular weight excluding hydrogens is 146 g/mol. The first-order valence-corrected chi connectivity index (χ1v) is 3.68. The fourth-order valence-corrected chi connectivity index (χ4v) is 1.20. The standard InChI is InChI=1S/C7H13NO3/c1-4-5(8)6(10)11-7(4,2)3-9/h4-5,9H,3,8H2,1-2H3/p+1/t4-,5+,7-/m1/s1. The van der Waals surface area contributed by atoms with Crippen molar-refractivity contribution in [1.29, 1.82) is 0 Å². The van der Waals surface area contributed by atoms with Crippen LogP contribution in [0.2, 0.25) is 0 Å². The van der Waals surface area contributed by atoms with Crippen molar-refractivity contribution in [3.63, 3.8) is 0 Å². The average molecular weight is 160 g/mol. The molecule has 4 heteroatoms. The summed E-state index contributed by atoms with van der Waals surface area (Å²) in [6.45, 7) is 3.45. The summed E-state index contributed by atoms with van der Waals surface area (Å²) in [6.07, 6.45) is 0. The molecule has 0 aromatic carbocycles. The zero-order valence-corrected chi connectivity index (χ0v) is 6.83. The Kier molecular flexibility index (Phi) is 1.90. The molecule has 4 N–H and O–H groups in total. The Morgan fingerprint density at radius 3 is 2.55 bits per heavy atom. The molecule has 0 bridgehead atoms. The predicted octanol–water partition coefficient (Wildman–Crippen LogP) is -1.46. The highest BCUT2D eigenvalue weighted by Gasteiger charge is 2.50. The molecule has 11 heavy (non-hydrogen) atoms. The van der Waals surface area contributed by atoms with Crippen molar-refractivity contribution in [1.82, 2.24) is 0 Å². The smallest absolute Gasteiger partial charge is 0.365 e. The zero-order valence-electron chi connectivity index (χ0n) is 6.83. The van der Waals surface area contributed by atoms with Gasteiger partial charge in [0.15, 0.2) is 6.04 Å². The lowest BCUT2D eigenvalue weighted by Gasteiger charge is -2.23. The van der Waals surface area contributed by atoms with Gasteiger partial charge >= 0.3 is 5.97 Å². The quantitative estimate of drug-likeness (QED) is 0.460. The van der Waals surface area contributed by atoms with Gasteiger partial charge in [-0.1, -0.05) is 6.92 Å². The predicted molar refractivity (Wildman–Crippen MR) is 37.4 cm³/mol. The second-order valence-electron chi connectivity index (χ2n) is 3.29. The van der Waals surface area contributed by atoms with Gasteiger partial charge in [-0.15, -0.1) is 0 Å². The van der Waals surface area contributed by atoms with Crippen molar-refractivity contribution in [3.8, 4) is 0 Å². The summed E-state index contributed by atoms with van der Waals surface area (Å²) in [6, 6.07) is -0.341. The van der Waals surface area contributed by atoms with E-state index in [1.165, 1.54) is 0 Å². The number of esters is 1. The highest BCUT2D eigenvalue weighted by Crippen LogP contribution is 2.30. The Morgan fingerprint density at radius 1 is 1.82 bits per heavy atom. The van der Waals surface area contributed by atoms with Crippen molar-refractivity contribution < 1.29 is 20.4 Å². The number of cyclic esters (lactones) is 1. The van der Waals surface area contributed by atoms with E-state index in [-0.39, 0.29) is 24.5 Å². The van der Waals surface area contributed by atoms with E-state index in [1.807, 2.05) is 6.92 Å². The Morgan fingerprint density at radius 2 is 2.36 bits per heavy atom. The van der Waals surface area contributed by atoms with Crippen LogP contribution in [0.3, 0.4) is 0 Å². The monoisotopic (exact) mass is 160 g/mol. The Hall–Kier alpha value is -0.610. The average Bonchev–Trinajstić information content (AvgIpc) is 2.17. The minimum atomic E-state index is -0.719. The summed E-state index contributed by atoms with van der Waals surface area (Å²) < 4.78 is 4.97. The lowest BCUT2D eigenvalue weighted by atomic mass is 9.89. The molecule has 0 aliphatic carbocycles. The maximum Gasteiger partial charge on any atom is 0.365 e. The van der Waals surface area contributed by atoms with E-state index in [2.05, 4.69) is 5.73 Å². The normalized spacial score (nSPS) is 44.2. The summed E-state index contributed by atoms with van der Waals surface area (Å²) in [5.74, 6) is -0.325. The van der Waals surface area contributed by atoms with E-state index in [1.54, 1.807) is 6.92 Å². The van der Waals surface area contributed by atoms with Crippen LogP contribution in [0.1, 0.15) is 13.8 Å².